The minimum absolute atomic E-state index is 0.0880. The monoisotopic (exact) mass is 531 g/mol. The highest BCUT2D eigenvalue weighted by atomic mass is 31.3. The Morgan fingerprint density at radius 1 is 1.30 bits per heavy atom. The molecule has 18 nitrogen and oxygen atoms in total. The van der Waals surface area contributed by atoms with Crippen LogP contribution in [0.3, 0.4) is 0 Å². The summed E-state index contributed by atoms with van der Waals surface area (Å²) in [5.74, 6) is 2.01. The second-order valence-corrected chi connectivity index (χ2v) is 10.9. The zero-order chi connectivity index (χ0) is 24.8. The molecule has 5 atom stereocenters. The topological polar surface area (TPSA) is 279 Å². The number of anilines is 1. The quantitative estimate of drug-likeness (QED) is 0.150. The number of nitrogens with one attached hydrogen (secondary N) is 1. The van der Waals surface area contributed by atoms with Crippen LogP contribution in [0.4, 0.5) is 5.95 Å². The van der Waals surface area contributed by atoms with Crippen LogP contribution in [0.25, 0.3) is 11.2 Å². The Hall–Kier alpha value is -1.96. The third kappa shape index (κ3) is 5.76. The van der Waals surface area contributed by atoms with E-state index in [9.17, 15) is 28.5 Å². The first-order valence-corrected chi connectivity index (χ1v) is 12.9. The fourth-order valence-corrected chi connectivity index (χ4v) is 5.95. The van der Waals surface area contributed by atoms with Gasteiger partial charge in [-0.25, -0.2) is 18.7 Å². The first-order chi connectivity index (χ1) is 15.1. The molecule has 0 radical (unpaired) electrons. The van der Waals surface area contributed by atoms with Gasteiger partial charge in [0, 0.05) is 6.42 Å². The fraction of sp³-hybridized carbons (Fsp3) is 0.417. The number of phosphoric ester groups is 1. The summed E-state index contributed by atoms with van der Waals surface area (Å²) < 4.78 is 52.3. The maximum Gasteiger partial charge on any atom is 0.490 e. The summed E-state index contributed by atoms with van der Waals surface area (Å²) in [5.41, 5.74) is 2.82. The van der Waals surface area contributed by atoms with Gasteiger partial charge in [0.05, 0.1) is 12.7 Å². The van der Waals surface area contributed by atoms with Gasteiger partial charge in [-0.3, -0.25) is 18.9 Å². The van der Waals surface area contributed by atoms with Gasteiger partial charge >= 0.3 is 23.5 Å². The van der Waals surface area contributed by atoms with Crippen molar-refractivity contribution in [3.8, 4) is 12.3 Å². The lowest BCUT2D eigenvalue weighted by Gasteiger charge is -2.25. The normalized spacial score (nSPS) is 27.2. The predicted molar refractivity (Wildman–Crippen MR) is 105 cm³/mol. The standard InChI is InChI=1S/C12H16N5O13P3/c1-2-12(17-5-14-8-9(17)15-11(13)16-10(8)19)3-6(18)7(28-12)4-27-32(23,24)30-33(25,26)29-31(20,21)22/h1,5-7,18H,3-4H2,(H,23,24)(H,25,26)(H2,20,21,22)(H3,13,15,16,19)/t6-,7+,12+/m0/s1. The number of aliphatic hydroxyl groups is 1. The van der Waals surface area contributed by atoms with Crippen molar-refractivity contribution in [1.29, 1.82) is 0 Å². The molecule has 33 heavy (non-hydrogen) atoms. The number of nitrogen functional groups attached to an aromatic ring is 1. The molecule has 0 aromatic carbocycles. The molecule has 21 heteroatoms. The van der Waals surface area contributed by atoms with E-state index < -0.39 is 53.6 Å². The molecule has 2 unspecified atom stereocenters. The molecule has 0 amide bonds. The number of aliphatic hydroxyl groups excluding tert-OH is 1. The number of aromatic amines is 1. The number of ether oxygens (including phenoxy) is 1. The first-order valence-electron chi connectivity index (χ1n) is 8.42. The van der Waals surface area contributed by atoms with E-state index in [1.54, 1.807) is 0 Å². The van der Waals surface area contributed by atoms with E-state index in [4.69, 9.17) is 31.6 Å². The molecule has 0 spiro atoms. The van der Waals surface area contributed by atoms with E-state index in [0.29, 0.717) is 0 Å². The van der Waals surface area contributed by atoms with Crippen molar-refractivity contribution < 1.29 is 56.3 Å². The van der Waals surface area contributed by atoms with Crippen molar-refractivity contribution in [3.05, 3.63) is 16.7 Å². The number of rotatable bonds is 8. The highest BCUT2D eigenvalue weighted by Crippen LogP contribution is 2.66. The Bertz CT molecular complexity index is 1310. The van der Waals surface area contributed by atoms with Gasteiger partial charge in [0.1, 0.15) is 12.4 Å². The summed E-state index contributed by atoms with van der Waals surface area (Å²) in [6, 6.07) is 0. The predicted octanol–water partition coefficient (Wildman–Crippen LogP) is -1.52. The number of nitrogens with zero attached hydrogens (tertiary/aromatic N) is 3. The molecule has 3 heterocycles. The van der Waals surface area contributed by atoms with E-state index in [-0.39, 0.29) is 23.5 Å². The minimum atomic E-state index is -5.72. The Labute approximate surface area is 182 Å². The van der Waals surface area contributed by atoms with Gasteiger partial charge in [0.25, 0.3) is 5.56 Å². The van der Waals surface area contributed by atoms with Crippen molar-refractivity contribution in [2.75, 3.05) is 12.3 Å². The van der Waals surface area contributed by atoms with Crippen molar-refractivity contribution in [3.63, 3.8) is 0 Å². The largest absolute Gasteiger partial charge is 0.490 e. The molecule has 2 aromatic heterocycles. The molecular formula is C12H16N5O13P3. The maximum absolute atomic E-state index is 12.0. The van der Waals surface area contributed by atoms with Gasteiger partial charge in [-0.15, -0.1) is 6.42 Å². The number of terminal acetylenes is 1. The van der Waals surface area contributed by atoms with E-state index in [2.05, 4.69) is 34.0 Å². The lowest BCUT2D eigenvalue weighted by molar-refractivity contribution is -0.0787. The molecule has 1 aliphatic rings. The molecule has 2 aromatic rings. The summed E-state index contributed by atoms with van der Waals surface area (Å²) in [7, 11) is -16.7. The number of fused-ring (bicyclic) bond motifs is 1. The highest BCUT2D eigenvalue weighted by Gasteiger charge is 2.49. The van der Waals surface area contributed by atoms with Gasteiger partial charge in [0.15, 0.2) is 11.2 Å². The van der Waals surface area contributed by atoms with Gasteiger partial charge < -0.3 is 35.2 Å². The van der Waals surface area contributed by atoms with Crippen molar-refractivity contribution in [1.82, 2.24) is 19.5 Å². The fourth-order valence-electron chi connectivity index (χ4n) is 2.92. The zero-order valence-corrected chi connectivity index (χ0v) is 18.7. The van der Waals surface area contributed by atoms with Crippen molar-refractivity contribution in [2.45, 2.75) is 24.4 Å². The van der Waals surface area contributed by atoms with Crippen LogP contribution >= 0.6 is 23.5 Å². The second-order valence-electron chi connectivity index (χ2n) is 6.48. The molecule has 8 N–H and O–H groups in total. The van der Waals surface area contributed by atoms with Gasteiger partial charge in [-0.05, 0) is 5.92 Å². The summed E-state index contributed by atoms with van der Waals surface area (Å²) in [6.07, 6.45) is 3.46. The smallest absolute Gasteiger partial charge is 0.390 e. The third-order valence-corrected chi connectivity index (χ3v) is 7.92. The minimum Gasteiger partial charge on any atom is -0.390 e. The Balaban J connectivity index is 1.78. The maximum atomic E-state index is 12.0. The van der Waals surface area contributed by atoms with Gasteiger partial charge in [-0.1, -0.05) is 0 Å². The lowest BCUT2D eigenvalue weighted by atomic mass is 10.1. The molecule has 0 aliphatic carbocycles. The third-order valence-electron chi connectivity index (χ3n) is 4.12. The van der Waals surface area contributed by atoms with Crippen molar-refractivity contribution in [2.24, 2.45) is 0 Å². The molecular weight excluding hydrogens is 515 g/mol. The van der Waals surface area contributed by atoms with Crippen LogP contribution in [0.5, 0.6) is 0 Å². The Kier molecular flexibility index (Phi) is 6.75. The number of phosphoric acid groups is 3. The average molecular weight is 531 g/mol. The molecule has 182 valence electrons. The van der Waals surface area contributed by atoms with Crippen LogP contribution < -0.4 is 11.3 Å². The number of H-pyrrole nitrogens is 1. The molecule has 1 saturated heterocycles. The van der Waals surface area contributed by atoms with Crippen LogP contribution in [0.1, 0.15) is 6.42 Å². The zero-order valence-electron chi connectivity index (χ0n) is 16.0. The number of imidazole rings is 1. The van der Waals surface area contributed by atoms with Gasteiger partial charge in [0.2, 0.25) is 11.7 Å². The number of hydrogen-bond acceptors (Lipinski definition) is 12. The van der Waals surface area contributed by atoms with E-state index in [1.807, 2.05) is 0 Å². The summed E-state index contributed by atoms with van der Waals surface area (Å²) >= 11 is 0. The van der Waals surface area contributed by atoms with Crippen molar-refractivity contribution >= 4 is 40.6 Å². The molecule has 0 bridgehead atoms. The number of nitrogens with two attached hydrogens (primary N) is 1. The number of aromatic nitrogens is 4. The lowest BCUT2D eigenvalue weighted by Crippen LogP contribution is -2.33. The van der Waals surface area contributed by atoms with Gasteiger partial charge in [-0.2, -0.15) is 13.6 Å². The molecule has 0 saturated carbocycles. The summed E-state index contributed by atoms with van der Waals surface area (Å²) in [4.78, 5) is 57.8. The molecule has 3 rings (SSSR count). The molecule has 1 aliphatic heterocycles. The van der Waals surface area contributed by atoms with Crippen LogP contribution in [-0.2, 0) is 37.3 Å². The van der Waals surface area contributed by atoms with Crippen LogP contribution in [0.15, 0.2) is 11.1 Å². The summed E-state index contributed by atoms with van der Waals surface area (Å²) in [6.45, 7) is -0.947. The first kappa shape index (κ1) is 25.7. The Morgan fingerprint density at radius 2 is 1.97 bits per heavy atom. The van der Waals surface area contributed by atoms with Crippen LogP contribution in [0, 0.1) is 12.3 Å². The SMILES string of the molecule is C#C[C@]1(n2cnc3c(=O)[nH]c(N)nc32)C[C@H](O)[C@@H](COP(=O)(O)OP(=O)(O)OP(=O)(O)O)O1. The number of hydrogen-bond donors (Lipinski definition) is 7. The Morgan fingerprint density at radius 3 is 2.58 bits per heavy atom. The van der Waals surface area contributed by atoms with Crippen LogP contribution in [0.2, 0.25) is 0 Å². The van der Waals surface area contributed by atoms with E-state index in [0.717, 1.165) is 10.9 Å². The average Bonchev–Trinajstić information content (AvgIpc) is 3.19. The van der Waals surface area contributed by atoms with E-state index >= 15 is 0 Å². The molecule has 1 fully saturated rings. The van der Waals surface area contributed by atoms with Crippen LogP contribution in [-0.4, -0.2) is 63.0 Å². The van der Waals surface area contributed by atoms with E-state index in [1.165, 1.54) is 0 Å². The summed E-state index contributed by atoms with van der Waals surface area (Å²) in [5, 5.41) is 10.3. The second kappa shape index (κ2) is 8.67. The highest BCUT2D eigenvalue weighted by molar-refractivity contribution is 7.66.